The quantitative estimate of drug-likeness (QED) is 0.504. The molecular formula is C17H17N3O3. The van der Waals surface area contributed by atoms with E-state index >= 15 is 0 Å². The maximum absolute atomic E-state index is 12.0. The van der Waals surface area contributed by atoms with Crippen LogP contribution in [0.2, 0.25) is 0 Å². The summed E-state index contributed by atoms with van der Waals surface area (Å²) >= 11 is 0. The van der Waals surface area contributed by atoms with Gasteiger partial charge in [-0.1, -0.05) is 12.1 Å². The van der Waals surface area contributed by atoms with E-state index in [4.69, 9.17) is 0 Å². The van der Waals surface area contributed by atoms with Crippen LogP contribution in [-0.4, -0.2) is 27.5 Å². The molecule has 0 saturated carbocycles. The van der Waals surface area contributed by atoms with Crippen molar-refractivity contribution in [1.29, 1.82) is 0 Å². The molecule has 0 atom stereocenters. The molecule has 118 valence electrons. The van der Waals surface area contributed by atoms with Gasteiger partial charge in [0.1, 0.15) is 5.75 Å². The van der Waals surface area contributed by atoms with Crippen LogP contribution in [0.5, 0.6) is 5.75 Å². The predicted molar refractivity (Wildman–Crippen MR) is 86.6 cm³/mol. The van der Waals surface area contributed by atoms with Gasteiger partial charge in [0.05, 0.1) is 12.0 Å². The van der Waals surface area contributed by atoms with Crippen molar-refractivity contribution in [3.63, 3.8) is 0 Å². The number of Topliss-reactive ketones (excluding diaryl/α,β-unsaturated/α-hetero) is 1. The van der Waals surface area contributed by atoms with Gasteiger partial charge < -0.3 is 5.11 Å². The summed E-state index contributed by atoms with van der Waals surface area (Å²) in [5, 5.41) is 13.8. The second kappa shape index (κ2) is 7.31. The highest BCUT2D eigenvalue weighted by Gasteiger charge is 2.12. The smallest absolute Gasteiger partial charge is 0.275 e. The van der Waals surface area contributed by atoms with Crippen LogP contribution in [0.3, 0.4) is 0 Å². The Morgan fingerprint density at radius 1 is 1.26 bits per heavy atom. The van der Waals surface area contributed by atoms with Crippen LogP contribution in [0.25, 0.3) is 0 Å². The third-order valence-corrected chi connectivity index (χ3v) is 3.23. The van der Waals surface area contributed by atoms with Crippen LogP contribution in [0.4, 0.5) is 0 Å². The summed E-state index contributed by atoms with van der Waals surface area (Å²) in [6, 6.07) is 8.23. The number of ketones is 1. The molecule has 2 aromatic rings. The molecule has 6 heteroatoms. The minimum Gasteiger partial charge on any atom is -0.507 e. The molecule has 6 nitrogen and oxygen atoms in total. The first-order chi connectivity index (χ1) is 11.0. The molecule has 0 radical (unpaired) electrons. The first-order valence-electron chi connectivity index (χ1n) is 7.04. The van der Waals surface area contributed by atoms with Gasteiger partial charge in [-0.25, -0.2) is 5.43 Å². The molecule has 0 aliphatic carbocycles. The number of amides is 1. The van der Waals surface area contributed by atoms with Crippen LogP contribution < -0.4 is 5.43 Å². The van der Waals surface area contributed by atoms with E-state index in [1.54, 1.807) is 44.3 Å². The number of aromatic nitrogens is 1. The lowest BCUT2D eigenvalue weighted by Gasteiger charge is -2.06. The van der Waals surface area contributed by atoms with Gasteiger partial charge in [-0.05, 0) is 37.6 Å². The number of phenols is 1. The molecule has 2 rings (SSSR count). The molecule has 1 heterocycles. The van der Waals surface area contributed by atoms with Crippen molar-refractivity contribution in [3.05, 3.63) is 59.4 Å². The lowest BCUT2D eigenvalue weighted by molar-refractivity contribution is 0.0948. The fraction of sp³-hybridized carbons (Fsp3) is 0.176. The third-order valence-electron chi connectivity index (χ3n) is 3.23. The van der Waals surface area contributed by atoms with Crippen LogP contribution >= 0.6 is 0 Å². The number of benzene rings is 1. The van der Waals surface area contributed by atoms with E-state index in [1.165, 1.54) is 12.3 Å². The standard InChI is InChI=1S/C17H17N3O3/c1-11-5-3-7-14(16(11)22)17(23)20-19-12(2)9-15(21)13-6-4-8-18-10-13/h3-8,10,22H,9H2,1-2H3,(H,20,23)/b19-12+. The number of para-hydroxylation sites is 1. The Hall–Kier alpha value is -3.02. The zero-order valence-electron chi connectivity index (χ0n) is 12.9. The van der Waals surface area contributed by atoms with Crippen molar-refractivity contribution in [2.45, 2.75) is 20.3 Å². The Bertz CT molecular complexity index is 755. The summed E-state index contributed by atoms with van der Waals surface area (Å²) < 4.78 is 0. The zero-order chi connectivity index (χ0) is 16.8. The number of nitrogens with zero attached hydrogens (tertiary/aromatic N) is 2. The minimum atomic E-state index is -0.528. The fourth-order valence-corrected chi connectivity index (χ4v) is 1.95. The maximum atomic E-state index is 12.0. The Labute approximate surface area is 133 Å². The Kier molecular flexibility index (Phi) is 5.19. The molecule has 0 aliphatic heterocycles. The highest BCUT2D eigenvalue weighted by atomic mass is 16.3. The van der Waals surface area contributed by atoms with Gasteiger partial charge >= 0.3 is 0 Å². The Morgan fingerprint density at radius 3 is 2.74 bits per heavy atom. The largest absolute Gasteiger partial charge is 0.507 e. The third kappa shape index (κ3) is 4.23. The predicted octanol–water partition coefficient (Wildman–Crippen LogP) is 2.47. The number of carbonyl (C=O) groups excluding carboxylic acids is 2. The lowest BCUT2D eigenvalue weighted by atomic mass is 10.1. The molecule has 0 bridgehead atoms. The molecule has 1 aromatic carbocycles. The summed E-state index contributed by atoms with van der Waals surface area (Å²) in [6.45, 7) is 3.35. The van der Waals surface area contributed by atoms with Crippen molar-refractivity contribution in [2.75, 3.05) is 0 Å². The summed E-state index contributed by atoms with van der Waals surface area (Å²) in [6.07, 6.45) is 3.15. The van der Waals surface area contributed by atoms with E-state index in [0.717, 1.165) is 0 Å². The van der Waals surface area contributed by atoms with Gasteiger partial charge in [0.15, 0.2) is 5.78 Å². The summed E-state index contributed by atoms with van der Waals surface area (Å²) in [5.74, 6) is -0.740. The van der Waals surface area contributed by atoms with Gasteiger partial charge in [-0.2, -0.15) is 5.10 Å². The molecule has 1 aromatic heterocycles. The van der Waals surface area contributed by atoms with Crippen LogP contribution in [0.1, 0.15) is 39.6 Å². The van der Waals surface area contributed by atoms with Gasteiger partial charge in [0.25, 0.3) is 5.91 Å². The van der Waals surface area contributed by atoms with E-state index < -0.39 is 5.91 Å². The van der Waals surface area contributed by atoms with E-state index in [0.29, 0.717) is 16.8 Å². The summed E-state index contributed by atoms with van der Waals surface area (Å²) in [4.78, 5) is 27.9. The van der Waals surface area contributed by atoms with Crippen molar-refractivity contribution in [2.24, 2.45) is 5.10 Å². The van der Waals surface area contributed by atoms with Crippen molar-refractivity contribution >= 4 is 17.4 Å². The highest BCUT2D eigenvalue weighted by molar-refractivity contribution is 6.09. The van der Waals surface area contributed by atoms with E-state index in [1.807, 2.05) is 0 Å². The second-order valence-corrected chi connectivity index (χ2v) is 5.10. The lowest BCUT2D eigenvalue weighted by Crippen LogP contribution is -2.20. The number of rotatable bonds is 5. The number of nitrogens with one attached hydrogen (secondary N) is 1. The average molecular weight is 311 g/mol. The van der Waals surface area contributed by atoms with Gasteiger partial charge in [0, 0.05) is 23.7 Å². The molecule has 0 unspecified atom stereocenters. The van der Waals surface area contributed by atoms with E-state index in [-0.39, 0.29) is 23.5 Å². The fourth-order valence-electron chi connectivity index (χ4n) is 1.95. The summed E-state index contributed by atoms with van der Waals surface area (Å²) in [7, 11) is 0. The maximum Gasteiger partial charge on any atom is 0.275 e. The SMILES string of the molecule is C/C(CC(=O)c1cccnc1)=N\NC(=O)c1cccc(C)c1O. The molecule has 0 fully saturated rings. The normalized spacial score (nSPS) is 11.1. The minimum absolute atomic E-state index is 0.0752. The molecule has 0 saturated heterocycles. The highest BCUT2D eigenvalue weighted by Crippen LogP contribution is 2.21. The Morgan fingerprint density at radius 2 is 2.04 bits per heavy atom. The molecule has 2 N–H and O–H groups in total. The van der Waals surface area contributed by atoms with Crippen molar-refractivity contribution < 1.29 is 14.7 Å². The van der Waals surface area contributed by atoms with Crippen LogP contribution in [0, 0.1) is 6.92 Å². The Balaban J connectivity index is 2.01. The van der Waals surface area contributed by atoms with Gasteiger partial charge in [0.2, 0.25) is 0 Å². The average Bonchev–Trinajstić information content (AvgIpc) is 2.56. The number of hydrogen-bond donors (Lipinski definition) is 2. The van der Waals surface area contributed by atoms with Crippen molar-refractivity contribution in [1.82, 2.24) is 10.4 Å². The van der Waals surface area contributed by atoms with Gasteiger partial charge in [-0.15, -0.1) is 0 Å². The number of aryl methyl sites for hydroxylation is 1. The monoisotopic (exact) mass is 311 g/mol. The van der Waals surface area contributed by atoms with Crippen molar-refractivity contribution in [3.8, 4) is 5.75 Å². The molecule has 1 amide bonds. The first kappa shape index (κ1) is 16.4. The van der Waals surface area contributed by atoms with Gasteiger partial charge in [-0.3, -0.25) is 14.6 Å². The molecule has 23 heavy (non-hydrogen) atoms. The number of carbonyl (C=O) groups is 2. The van der Waals surface area contributed by atoms with E-state index in [2.05, 4.69) is 15.5 Å². The number of pyridine rings is 1. The first-order valence-corrected chi connectivity index (χ1v) is 7.04. The van der Waals surface area contributed by atoms with E-state index in [9.17, 15) is 14.7 Å². The zero-order valence-corrected chi connectivity index (χ0v) is 12.9. The van der Waals surface area contributed by atoms with Crippen LogP contribution in [-0.2, 0) is 0 Å². The molecule has 0 spiro atoms. The van der Waals surface area contributed by atoms with Crippen LogP contribution in [0.15, 0.2) is 47.8 Å². The topological polar surface area (TPSA) is 91.7 Å². The molecule has 0 aliphatic rings. The number of hydrogen-bond acceptors (Lipinski definition) is 5. The number of hydrazone groups is 1. The number of aromatic hydroxyl groups is 1. The second-order valence-electron chi connectivity index (χ2n) is 5.10. The molecular weight excluding hydrogens is 294 g/mol. The number of phenolic OH excluding ortho intramolecular Hbond substituents is 1. The summed E-state index contributed by atoms with van der Waals surface area (Å²) in [5.41, 5.74) is 4.03.